The van der Waals surface area contributed by atoms with Gasteiger partial charge in [0.2, 0.25) is 0 Å². The molecule has 0 bridgehead atoms. The van der Waals surface area contributed by atoms with Crippen molar-refractivity contribution in [2.75, 3.05) is 39.1 Å². The number of hydrogen-bond acceptors (Lipinski definition) is 4. The maximum atomic E-state index is 4.60. The highest BCUT2D eigenvalue weighted by Gasteiger charge is 2.18. The van der Waals surface area contributed by atoms with Gasteiger partial charge < -0.3 is 15.1 Å². The first-order chi connectivity index (χ1) is 9.61. The van der Waals surface area contributed by atoms with Crippen LogP contribution in [0.15, 0.2) is 0 Å². The van der Waals surface area contributed by atoms with Crippen LogP contribution in [0.5, 0.6) is 0 Å². The summed E-state index contributed by atoms with van der Waals surface area (Å²) in [6.45, 7) is 11.7. The largest absolute Gasteiger partial charge is 0.360 e. The number of nitrogens with one attached hydrogen (secondary N) is 1. The van der Waals surface area contributed by atoms with Crippen molar-refractivity contribution in [3.63, 3.8) is 0 Å². The third-order valence-corrected chi connectivity index (χ3v) is 3.57. The Labute approximate surface area is 130 Å². The van der Waals surface area contributed by atoms with E-state index in [-0.39, 0.29) is 5.54 Å². The average Bonchev–Trinajstić information content (AvgIpc) is 2.59. The van der Waals surface area contributed by atoms with Gasteiger partial charge in [-0.05, 0) is 54.8 Å². The maximum Gasteiger partial charge on any atom is 0.131 e. The molecule has 5 nitrogen and oxygen atoms in total. The van der Waals surface area contributed by atoms with Crippen LogP contribution in [0.25, 0.3) is 0 Å². The molecule has 0 aromatic carbocycles. The van der Waals surface area contributed by atoms with Crippen LogP contribution in [0.3, 0.4) is 0 Å². The second-order valence-corrected chi connectivity index (χ2v) is 7.19. The van der Waals surface area contributed by atoms with Crippen LogP contribution in [-0.4, -0.2) is 54.5 Å². The molecule has 0 radical (unpaired) electrons. The minimum atomic E-state index is 0.114. The molecule has 1 aromatic rings. The zero-order valence-electron chi connectivity index (χ0n) is 15.1. The summed E-state index contributed by atoms with van der Waals surface area (Å²) in [5.41, 5.74) is 2.53. The van der Waals surface area contributed by atoms with Gasteiger partial charge in [-0.15, -0.1) is 0 Å². The highest BCUT2D eigenvalue weighted by Crippen LogP contribution is 2.23. The van der Waals surface area contributed by atoms with Gasteiger partial charge in [0.25, 0.3) is 0 Å². The maximum absolute atomic E-state index is 4.60. The summed E-state index contributed by atoms with van der Waals surface area (Å²) in [4.78, 5) is 4.55. The first-order valence-electron chi connectivity index (χ1n) is 7.75. The Hall–Kier alpha value is -1.07. The van der Waals surface area contributed by atoms with Crippen molar-refractivity contribution in [1.29, 1.82) is 0 Å². The summed E-state index contributed by atoms with van der Waals surface area (Å²) in [5, 5.41) is 8.17. The van der Waals surface area contributed by atoms with Crippen molar-refractivity contribution in [3.05, 3.63) is 11.3 Å². The van der Waals surface area contributed by atoms with Gasteiger partial charge in [0.15, 0.2) is 0 Å². The Morgan fingerprint density at radius 2 is 1.76 bits per heavy atom. The minimum Gasteiger partial charge on any atom is -0.360 e. The van der Waals surface area contributed by atoms with E-state index in [0.29, 0.717) is 0 Å². The van der Waals surface area contributed by atoms with Crippen LogP contribution in [0.4, 0.5) is 5.82 Å². The molecule has 0 spiro atoms. The van der Waals surface area contributed by atoms with Gasteiger partial charge in [-0.1, -0.05) is 0 Å². The first kappa shape index (κ1) is 18.0. The smallest absolute Gasteiger partial charge is 0.131 e. The lowest BCUT2D eigenvalue weighted by Gasteiger charge is -2.24. The molecule has 21 heavy (non-hydrogen) atoms. The van der Waals surface area contributed by atoms with Crippen molar-refractivity contribution in [2.24, 2.45) is 7.05 Å². The van der Waals surface area contributed by atoms with E-state index in [2.05, 4.69) is 69.1 Å². The van der Waals surface area contributed by atoms with Crippen molar-refractivity contribution in [3.8, 4) is 0 Å². The highest BCUT2D eigenvalue weighted by molar-refractivity contribution is 5.49. The molecule has 0 aliphatic heterocycles. The molecule has 0 aliphatic carbocycles. The van der Waals surface area contributed by atoms with Gasteiger partial charge in [0, 0.05) is 38.3 Å². The number of anilines is 1. The van der Waals surface area contributed by atoms with E-state index >= 15 is 0 Å². The van der Waals surface area contributed by atoms with Crippen molar-refractivity contribution in [1.82, 2.24) is 20.0 Å². The minimum absolute atomic E-state index is 0.114. The number of rotatable bonds is 7. The van der Waals surface area contributed by atoms with E-state index < -0.39 is 0 Å². The Morgan fingerprint density at radius 1 is 1.14 bits per heavy atom. The highest BCUT2D eigenvalue weighted by atomic mass is 15.4. The molecule has 0 fully saturated rings. The fourth-order valence-corrected chi connectivity index (χ4v) is 2.46. The van der Waals surface area contributed by atoms with Gasteiger partial charge in [-0.25, -0.2) is 0 Å². The predicted octanol–water partition coefficient (Wildman–Crippen LogP) is 2.00. The zero-order chi connectivity index (χ0) is 16.2. The number of hydrogen-bond donors (Lipinski definition) is 1. The molecular formula is C16H33N5. The van der Waals surface area contributed by atoms with E-state index in [0.717, 1.165) is 31.7 Å². The van der Waals surface area contributed by atoms with Crippen LogP contribution in [0.2, 0.25) is 0 Å². The standard InChI is InChI=1S/C16H33N5/c1-13-14(12-17-16(2,3)4)15(21(8)18-13)20(7)11-9-10-19(5)6/h17H,9-12H2,1-8H3. The van der Waals surface area contributed by atoms with Crippen LogP contribution < -0.4 is 10.2 Å². The number of aryl methyl sites for hydroxylation is 2. The molecule has 5 heteroatoms. The summed E-state index contributed by atoms with van der Waals surface area (Å²) in [6, 6.07) is 0. The summed E-state index contributed by atoms with van der Waals surface area (Å²) in [6.07, 6.45) is 1.15. The average molecular weight is 295 g/mol. The summed E-state index contributed by atoms with van der Waals surface area (Å²) in [5.74, 6) is 1.23. The van der Waals surface area contributed by atoms with Gasteiger partial charge in [-0.2, -0.15) is 5.10 Å². The molecule has 0 saturated carbocycles. The summed E-state index contributed by atoms with van der Waals surface area (Å²) < 4.78 is 2.00. The Kier molecular flexibility index (Phi) is 6.23. The quantitative estimate of drug-likeness (QED) is 0.835. The summed E-state index contributed by atoms with van der Waals surface area (Å²) >= 11 is 0. The first-order valence-corrected chi connectivity index (χ1v) is 7.75. The topological polar surface area (TPSA) is 36.3 Å². The molecule has 1 rings (SSSR count). The van der Waals surface area contributed by atoms with E-state index in [1.54, 1.807) is 0 Å². The Morgan fingerprint density at radius 3 is 2.29 bits per heavy atom. The molecule has 0 aliphatic rings. The van der Waals surface area contributed by atoms with Crippen LogP contribution in [0.1, 0.15) is 38.4 Å². The van der Waals surface area contributed by atoms with E-state index in [4.69, 9.17) is 0 Å². The molecule has 0 amide bonds. The lowest BCUT2D eigenvalue weighted by molar-refractivity contribution is 0.401. The third kappa shape index (κ3) is 5.67. The fraction of sp³-hybridized carbons (Fsp3) is 0.812. The molecule has 0 atom stereocenters. The molecule has 122 valence electrons. The molecular weight excluding hydrogens is 262 g/mol. The molecule has 1 heterocycles. The SMILES string of the molecule is Cc1nn(C)c(N(C)CCCN(C)C)c1CNC(C)(C)C. The van der Waals surface area contributed by atoms with Gasteiger partial charge in [0.05, 0.1) is 5.69 Å². The lowest BCUT2D eigenvalue weighted by Crippen LogP contribution is -2.36. The molecule has 1 aromatic heterocycles. The molecule has 1 N–H and O–H groups in total. The van der Waals surface area contributed by atoms with E-state index in [1.807, 2.05) is 11.7 Å². The van der Waals surface area contributed by atoms with E-state index in [9.17, 15) is 0 Å². The predicted molar refractivity (Wildman–Crippen MR) is 91.0 cm³/mol. The third-order valence-electron chi connectivity index (χ3n) is 3.57. The van der Waals surface area contributed by atoms with E-state index in [1.165, 1.54) is 11.4 Å². The Bertz CT molecular complexity index is 442. The lowest BCUT2D eigenvalue weighted by atomic mass is 10.1. The van der Waals surface area contributed by atoms with Crippen molar-refractivity contribution in [2.45, 2.75) is 46.2 Å². The zero-order valence-corrected chi connectivity index (χ0v) is 15.1. The van der Waals surface area contributed by atoms with Gasteiger partial charge in [-0.3, -0.25) is 4.68 Å². The molecule has 0 unspecified atom stereocenters. The van der Waals surface area contributed by atoms with Gasteiger partial charge in [0.1, 0.15) is 5.82 Å². The normalized spacial score (nSPS) is 12.2. The van der Waals surface area contributed by atoms with Gasteiger partial charge >= 0.3 is 0 Å². The van der Waals surface area contributed by atoms with Crippen molar-refractivity contribution < 1.29 is 0 Å². The van der Waals surface area contributed by atoms with Crippen LogP contribution in [-0.2, 0) is 13.6 Å². The number of nitrogens with zero attached hydrogens (tertiary/aromatic N) is 4. The second-order valence-electron chi connectivity index (χ2n) is 7.19. The van der Waals surface area contributed by atoms with Crippen LogP contribution in [0, 0.1) is 6.92 Å². The number of aromatic nitrogens is 2. The Balaban J connectivity index is 2.80. The molecule has 0 saturated heterocycles. The summed E-state index contributed by atoms with van der Waals surface area (Å²) in [7, 11) is 8.43. The fourth-order valence-electron chi connectivity index (χ4n) is 2.46. The van der Waals surface area contributed by atoms with Crippen molar-refractivity contribution >= 4 is 5.82 Å². The van der Waals surface area contributed by atoms with Crippen LogP contribution >= 0.6 is 0 Å². The monoisotopic (exact) mass is 295 g/mol. The second kappa shape index (κ2) is 7.27.